The van der Waals surface area contributed by atoms with Crippen molar-refractivity contribution in [1.29, 1.82) is 0 Å². The van der Waals surface area contributed by atoms with Gasteiger partial charge in [0.25, 0.3) is 0 Å². The molecule has 6 heteroatoms. The number of hydrogen-bond donors (Lipinski definition) is 0. The fraction of sp³-hybridized carbons (Fsp3) is 0.632. The van der Waals surface area contributed by atoms with E-state index in [4.69, 9.17) is 16.3 Å². The van der Waals surface area contributed by atoms with Gasteiger partial charge in [0.1, 0.15) is 0 Å². The number of carbonyl (C=O) groups excluding carboxylic acids is 1. The van der Waals surface area contributed by atoms with Gasteiger partial charge in [-0.3, -0.25) is 4.79 Å². The molecule has 1 aromatic rings. The molecular weight excluding hydrogens is 358 g/mol. The van der Waals surface area contributed by atoms with Crippen LogP contribution < -0.4 is 0 Å². The third kappa shape index (κ3) is 5.53. The lowest BCUT2D eigenvalue weighted by Gasteiger charge is -2.40. The van der Waals surface area contributed by atoms with E-state index < -0.39 is 11.0 Å². The zero-order valence-electron chi connectivity index (χ0n) is 15.5. The summed E-state index contributed by atoms with van der Waals surface area (Å²) < 4.78 is 19.9. The van der Waals surface area contributed by atoms with Crippen LogP contribution >= 0.6 is 11.6 Å². The van der Waals surface area contributed by atoms with E-state index >= 15 is 0 Å². The quantitative estimate of drug-likeness (QED) is 0.720. The molecule has 0 amide bonds. The highest BCUT2D eigenvalue weighted by atomic mass is 35.5. The fourth-order valence-electron chi connectivity index (χ4n) is 3.10. The molecule has 0 aliphatic carbocycles. The van der Waals surface area contributed by atoms with Crippen LogP contribution in [0.1, 0.15) is 46.1 Å². The van der Waals surface area contributed by atoms with Crippen molar-refractivity contribution in [3.8, 4) is 0 Å². The lowest BCUT2D eigenvalue weighted by atomic mass is 9.91. The Morgan fingerprint density at radius 3 is 2.48 bits per heavy atom. The maximum atomic E-state index is 13.1. The van der Waals surface area contributed by atoms with Crippen LogP contribution in [-0.2, 0) is 26.9 Å². The Balaban J connectivity index is 2.17. The van der Waals surface area contributed by atoms with Crippen LogP contribution in [0, 0.1) is 5.92 Å². The number of nitrogens with zero attached hydrogens (tertiary/aromatic N) is 1. The van der Waals surface area contributed by atoms with E-state index in [1.165, 1.54) is 5.56 Å². The van der Waals surface area contributed by atoms with Crippen LogP contribution in [-0.4, -0.2) is 38.4 Å². The molecule has 2 unspecified atom stereocenters. The van der Waals surface area contributed by atoms with E-state index in [1.807, 2.05) is 56.3 Å². The van der Waals surface area contributed by atoms with Crippen LogP contribution in [0.25, 0.3) is 0 Å². The standard InChI is InChI=1S/C19H28ClNO3S/c1-5-24-18(22)15-8-11-17(12-14-6-9-16(20)10-7-14)21(13-15)25(23)19(2,3)4/h6-7,9-10,15,17H,5,8,11-13H2,1-4H3/t15?,17?,25-/m1/s1. The van der Waals surface area contributed by atoms with Gasteiger partial charge in [-0.05, 0) is 64.7 Å². The van der Waals surface area contributed by atoms with Crippen molar-refractivity contribution in [2.24, 2.45) is 5.92 Å². The number of halogens is 1. The predicted molar refractivity (Wildman–Crippen MR) is 103 cm³/mol. The third-order valence-electron chi connectivity index (χ3n) is 4.40. The SMILES string of the molecule is CCOC(=O)C1CCC(Cc2ccc(Cl)cc2)N([S@](=O)C(C)(C)C)C1. The third-order valence-corrected chi connectivity index (χ3v) is 6.57. The first-order chi connectivity index (χ1) is 11.7. The molecular formula is C19H28ClNO3S. The second-order valence-corrected chi connectivity index (χ2v) is 10.1. The molecule has 1 saturated heterocycles. The summed E-state index contributed by atoms with van der Waals surface area (Å²) in [7, 11) is -1.17. The highest BCUT2D eigenvalue weighted by Crippen LogP contribution is 2.30. The van der Waals surface area contributed by atoms with Crippen molar-refractivity contribution in [1.82, 2.24) is 4.31 Å². The van der Waals surface area contributed by atoms with Gasteiger partial charge in [0.05, 0.1) is 28.3 Å². The first kappa shape index (κ1) is 20.4. The van der Waals surface area contributed by atoms with Gasteiger partial charge in [-0.1, -0.05) is 23.7 Å². The maximum Gasteiger partial charge on any atom is 0.310 e. The molecule has 0 spiro atoms. The molecule has 1 aliphatic rings. The number of benzene rings is 1. The van der Waals surface area contributed by atoms with Crippen molar-refractivity contribution in [2.75, 3.05) is 13.2 Å². The van der Waals surface area contributed by atoms with Gasteiger partial charge in [-0.2, -0.15) is 0 Å². The van der Waals surface area contributed by atoms with E-state index in [2.05, 4.69) is 0 Å². The van der Waals surface area contributed by atoms with Gasteiger partial charge in [0.2, 0.25) is 0 Å². The van der Waals surface area contributed by atoms with E-state index in [0.29, 0.717) is 18.2 Å². The minimum atomic E-state index is -1.17. The summed E-state index contributed by atoms with van der Waals surface area (Å²) in [5.41, 5.74) is 1.17. The molecule has 1 fully saturated rings. The summed E-state index contributed by atoms with van der Waals surface area (Å²) in [6.07, 6.45) is 2.40. The Kier molecular flexibility index (Phi) is 7.06. The monoisotopic (exact) mass is 385 g/mol. The average Bonchev–Trinajstić information content (AvgIpc) is 2.56. The van der Waals surface area contributed by atoms with Gasteiger partial charge in [-0.25, -0.2) is 8.51 Å². The smallest absolute Gasteiger partial charge is 0.310 e. The summed E-state index contributed by atoms with van der Waals surface area (Å²) in [6.45, 7) is 8.59. The Bertz CT molecular complexity index is 612. The molecule has 1 heterocycles. The van der Waals surface area contributed by atoms with Gasteiger partial charge < -0.3 is 4.74 Å². The molecule has 140 valence electrons. The summed E-state index contributed by atoms with van der Waals surface area (Å²) >= 11 is 5.97. The van der Waals surface area contributed by atoms with Crippen LogP contribution in [0.5, 0.6) is 0 Å². The molecule has 0 bridgehead atoms. The van der Waals surface area contributed by atoms with Crippen LogP contribution in [0.3, 0.4) is 0 Å². The number of esters is 1. The van der Waals surface area contributed by atoms with Crippen molar-refractivity contribution >= 4 is 28.6 Å². The lowest BCUT2D eigenvalue weighted by Crippen LogP contribution is -2.51. The fourth-order valence-corrected chi connectivity index (χ4v) is 4.69. The average molecular weight is 386 g/mol. The van der Waals surface area contributed by atoms with E-state index in [1.54, 1.807) is 0 Å². The summed E-state index contributed by atoms with van der Waals surface area (Å²) in [5.74, 6) is -0.379. The zero-order chi connectivity index (χ0) is 18.6. The van der Waals surface area contributed by atoms with Gasteiger partial charge in [0, 0.05) is 17.6 Å². The first-order valence-electron chi connectivity index (χ1n) is 8.82. The highest BCUT2D eigenvalue weighted by molar-refractivity contribution is 7.84. The molecule has 0 radical (unpaired) electrons. The molecule has 4 nitrogen and oxygen atoms in total. The molecule has 25 heavy (non-hydrogen) atoms. The molecule has 2 rings (SSSR count). The van der Waals surface area contributed by atoms with Crippen LogP contribution in [0.2, 0.25) is 5.02 Å². The van der Waals surface area contributed by atoms with Crippen LogP contribution in [0.4, 0.5) is 0 Å². The number of carbonyl (C=O) groups is 1. The van der Waals surface area contributed by atoms with E-state index in [9.17, 15) is 9.00 Å². The minimum Gasteiger partial charge on any atom is -0.466 e. The zero-order valence-corrected chi connectivity index (χ0v) is 17.0. The molecule has 0 saturated carbocycles. The second-order valence-electron chi connectivity index (χ2n) is 7.47. The summed E-state index contributed by atoms with van der Waals surface area (Å²) in [5, 5.41) is 0.713. The van der Waals surface area contributed by atoms with E-state index in [0.717, 1.165) is 19.3 Å². The Labute approximate surface area is 158 Å². The topological polar surface area (TPSA) is 46.6 Å². The number of hydrogen-bond acceptors (Lipinski definition) is 3. The lowest BCUT2D eigenvalue weighted by molar-refractivity contribution is -0.149. The normalized spacial score (nSPS) is 23.2. The van der Waals surface area contributed by atoms with Crippen molar-refractivity contribution in [2.45, 2.75) is 57.7 Å². The van der Waals surface area contributed by atoms with E-state index in [-0.39, 0.29) is 22.7 Å². The Morgan fingerprint density at radius 2 is 1.92 bits per heavy atom. The van der Waals surface area contributed by atoms with Crippen LogP contribution in [0.15, 0.2) is 24.3 Å². The molecule has 0 aromatic heterocycles. The Morgan fingerprint density at radius 1 is 1.28 bits per heavy atom. The van der Waals surface area contributed by atoms with Gasteiger partial charge >= 0.3 is 5.97 Å². The highest BCUT2D eigenvalue weighted by Gasteiger charge is 2.39. The van der Waals surface area contributed by atoms with Crippen molar-refractivity contribution in [3.63, 3.8) is 0 Å². The van der Waals surface area contributed by atoms with Gasteiger partial charge in [-0.15, -0.1) is 0 Å². The largest absolute Gasteiger partial charge is 0.466 e. The van der Waals surface area contributed by atoms with Crippen molar-refractivity contribution in [3.05, 3.63) is 34.9 Å². The molecule has 1 aromatic carbocycles. The predicted octanol–water partition coefficient (Wildman–Crippen LogP) is 3.99. The second kappa shape index (κ2) is 8.65. The molecule has 1 aliphatic heterocycles. The molecule has 3 atom stereocenters. The maximum absolute atomic E-state index is 13.1. The first-order valence-corrected chi connectivity index (χ1v) is 10.3. The minimum absolute atomic E-state index is 0.145. The number of ether oxygens (including phenoxy) is 1. The number of rotatable bonds is 5. The summed E-state index contributed by atoms with van der Waals surface area (Å²) in [6, 6.07) is 7.93. The van der Waals surface area contributed by atoms with Crippen molar-refractivity contribution < 1.29 is 13.7 Å². The van der Waals surface area contributed by atoms with Gasteiger partial charge in [0.15, 0.2) is 0 Å². The summed E-state index contributed by atoms with van der Waals surface area (Å²) in [4.78, 5) is 12.2. The number of piperidine rings is 1. The Hall–Kier alpha value is -0.910. The molecule has 0 N–H and O–H groups in total.